The van der Waals surface area contributed by atoms with Crippen molar-refractivity contribution in [2.45, 2.75) is 26.1 Å². The van der Waals surface area contributed by atoms with E-state index >= 15 is 0 Å². The fraction of sp³-hybridized carbons (Fsp3) is 0.571. The van der Waals surface area contributed by atoms with Gasteiger partial charge in [-0.2, -0.15) is 8.42 Å². The van der Waals surface area contributed by atoms with Crippen molar-refractivity contribution in [3.8, 4) is 0 Å². The Bertz CT molecular complexity index is 407. The average Bonchev–Trinajstić information content (AvgIpc) is 2.26. The minimum atomic E-state index is -4.04. The quantitative estimate of drug-likeness (QED) is 0.727. The molecule has 1 aromatic rings. The summed E-state index contributed by atoms with van der Waals surface area (Å²) in [6, 6.07) is 0. The van der Waals surface area contributed by atoms with Gasteiger partial charge >= 0.3 is 0 Å². The van der Waals surface area contributed by atoms with E-state index in [4.69, 9.17) is 4.55 Å². The molecule has 1 atom stereocenters. The highest BCUT2D eigenvalue weighted by Crippen LogP contribution is 2.15. The second-order valence-corrected chi connectivity index (χ2v) is 4.66. The van der Waals surface area contributed by atoms with Gasteiger partial charge in [-0.15, -0.1) is 0 Å². The summed E-state index contributed by atoms with van der Waals surface area (Å²) in [4.78, 5) is 4.03. The number of nitrogens with zero attached hydrogens (tertiary/aromatic N) is 2. The molecule has 0 bridgehead atoms. The number of imidazole rings is 1. The van der Waals surface area contributed by atoms with Crippen LogP contribution in [0, 0.1) is 13.8 Å². The van der Waals surface area contributed by atoms with Gasteiger partial charge in [0.2, 0.25) is 0 Å². The summed E-state index contributed by atoms with van der Waals surface area (Å²) in [5.41, 5.74) is 0.730. The minimum Gasteiger partial charge on any atom is -0.315 e. The SMILES string of the molecule is Cc1cn(C(C)S(=O)(=O)O)c(C)n1. The number of aryl methyl sites for hydroxylation is 2. The van der Waals surface area contributed by atoms with E-state index in [0.29, 0.717) is 5.82 Å². The van der Waals surface area contributed by atoms with E-state index < -0.39 is 15.5 Å². The van der Waals surface area contributed by atoms with Crippen molar-refractivity contribution in [1.82, 2.24) is 9.55 Å². The summed E-state index contributed by atoms with van der Waals surface area (Å²) < 4.78 is 31.8. The summed E-state index contributed by atoms with van der Waals surface area (Å²) in [7, 11) is -4.04. The highest BCUT2D eigenvalue weighted by atomic mass is 32.2. The molecule has 0 aliphatic rings. The first-order valence-electron chi connectivity index (χ1n) is 3.80. The maximum atomic E-state index is 10.8. The van der Waals surface area contributed by atoms with Crippen molar-refractivity contribution >= 4 is 10.1 Å². The molecule has 1 N–H and O–H groups in total. The van der Waals surface area contributed by atoms with E-state index in [2.05, 4.69) is 4.98 Å². The molecule has 0 spiro atoms. The molecule has 13 heavy (non-hydrogen) atoms. The molecule has 0 fully saturated rings. The zero-order valence-corrected chi connectivity index (χ0v) is 8.54. The molecule has 1 aromatic heterocycles. The summed E-state index contributed by atoms with van der Waals surface area (Å²) in [6.07, 6.45) is 1.59. The van der Waals surface area contributed by atoms with Gasteiger partial charge in [-0.25, -0.2) is 4.98 Å². The predicted octanol–water partition coefficient (Wildman–Crippen LogP) is 0.906. The van der Waals surface area contributed by atoms with Crippen molar-refractivity contribution in [2.75, 3.05) is 0 Å². The third-order valence-electron chi connectivity index (χ3n) is 1.86. The Kier molecular flexibility index (Phi) is 2.44. The largest absolute Gasteiger partial charge is 0.315 e. The van der Waals surface area contributed by atoms with Gasteiger partial charge in [0.05, 0.1) is 5.69 Å². The Balaban J connectivity index is 3.16. The van der Waals surface area contributed by atoms with Gasteiger partial charge in [-0.05, 0) is 20.8 Å². The lowest BCUT2D eigenvalue weighted by Gasteiger charge is -2.10. The molecule has 0 aliphatic heterocycles. The third-order valence-corrected chi connectivity index (χ3v) is 2.95. The van der Waals surface area contributed by atoms with E-state index in [1.165, 1.54) is 11.5 Å². The molecule has 0 aliphatic carbocycles. The standard InChI is InChI=1S/C7H12N2O3S/c1-5-4-9(6(2)8-5)7(3)13(10,11)12/h4,7H,1-3H3,(H,10,11,12). The molecular formula is C7H12N2O3S. The van der Waals surface area contributed by atoms with Crippen molar-refractivity contribution in [3.63, 3.8) is 0 Å². The molecule has 0 saturated heterocycles. The lowest BCUT2D eigenvalue weighted by atomic mass is 10.5. The number of aromatic nitrogens is 2. The van der Waals surface area contributed by atoms with Crippen LogP contribution >= 0.6 is 0 Å². The predicted molar refractivity (Wildman–Crippen MR) is 48.0 cm³/mol. The van der Waals surface area contributed by atoms with Crippen LogP contribution in [0.2, 0.25) is 0 Å². The van der Waals surface area contributed by atoms with Crippen LogP contribution in [0.3, 0.4) is 0 Å². The molecule has 0 aromatic carbocycles. The summed E-state index contributed by atoms with van der Waals surface area (Å²) in [6.45, 7) is 4.86. The first kappa shape index (κ1) is 10.2. The molecule has 1 unspecified atom stereocenters. The average molecular weight is 204 g/mol. The lowest BCUT2D eigenvalue weighted by molar-refractivity contribution is 0.450. The number of hydrogen-bond donors (Lipinski definition) is 1. The fourth-order valence-corrected chi connectivity index (χ4v) is 1.65. The van der Waals surface area contributed by atoms with Crippen LogP contribution in [0.1, 0.15) is 23.8 Å². The van der Waals surface area contributed by atoms with Crippen molar-refractivity contribution < 1.29 is 13.0 Å². The number of hydrogen-bond acceptors (Lipinski definition) is 3. The Morgan fingerprint density at radius 3 is 2.38 bits per heavy atom. The highest BCUT2D eigenvalue weighted by molar-refractivity contribution is 7.85. The number of rotatable bonds is 2. The first-order valence-corrected chi connectivity index (χ1v) is 5.31. The summed E-state index contributed by atoms with van der Waals surface area (Å²) in [5.74, 6) is 0.572. The third kappa shape index (κ3) is 2.07. The van der Waals surface area contributed by atoms with Crippen LogP contribution < -0.4 is 0 Å². The molecule has 0 radical (unpaired) electrons. The van der Waals surface area contributed by atoms with Crippen LogP contribution in [0.15, 0.2) is 6.20 Å². The molecule has 74 valence electrons. The van der Waals surface area contributed by atoms with Crippen LogP contribution in [-0.4, -0.2) is 22.5 Å². The molecular weight excluding hydrogens is 192 g/mol. The minimum absolute atomic E-state index is 0.572. The van der Waals surface area contributed by atoms with E-state index in [1.54, 1.807) is 20.0 Å². The van der Waals surface area contributed by atoms with Crippen LogP contribution in [0.4, 0.5) is 0 Å². The molecule has 1 heterocycles. The Morgan fingerprint density at radius 2 is 2.08 bits per heavy atom. The topological polar surface area (TPSA) is 72.2 Å². The monoisotopic (exact) mass is 204 g/mol. The Hall–Kier alpha value is -0.880. The fourth-order valence-electron chi connectivity index (χ4n) is 1.15. The normalized spacial score (nSPS) is 14.5. The Labute approximate surface area is 77.2 Å². The van der Waals surface area contributed by atoms with E-state index in [-0.39, 0.29) is 0 Å². The van der Waals surface area contributed by atoms with Gasteiger partial charge in [-0.3, -0.25) is 4.55 Å². The second-order valence-electron chi connectivity index (χ2n) is 2.95. The highest BCUT2D eigenvalue weighted by Gasteiger charge is 2.20. The van der Waals surface area contributed by atoms with Gasteiger partial charge in [0.15, 0.2) is 5.37 Å². The lowest BCUT2D eigenvalue weighted by Crippen LogP contribution is -2.16. The van der Waals surface area contributed by atoms with Gasteiger partial charge in [0, 0.05) is 6.20 Å². The first-order chi connectivity index (χ1) is 5.82. The zero-order valence-electron chi connectivity index (χ0n) is 7.72. The van der Waals surface area contributed by atoms with Crippen molar-refractivity contribution in [3.05, 3.63) is 17.7 Å². The Morgan fingerprint density at radius 1 is 1.54 bits per heavy atom. The van der Waals surface area contributed by atoms with Crippen LogP contribution in [0.25, 0.3) is 0 Å². The molecule has 5 nitrogen and oxygen atoms in total. The molecule has 1 rings (SSSR count). The summed E-state index contributed by atoms with van der Waals surface area (Å²) >= 11 is 0. The van der Waals surface area contributed by atoms with E-state index in [0.717, 1.165) is 5.69 Å². The van der Waals surface area contributed by atoms with Gasteiger partial charge in [0.25, 0.3) is 10.1 Å². The van der Waals surface area contributed by atoms with Crippen LogP contribution in [0.5, 0.6) is 0 Å². The molecule has 0 saturated carbocycles. The molecule has 0 amide bonds. The van der Waals surface area contributed by atoms with E-state index in [9.17, 15) is 8.42 Å². The second kappa shape index (κ2) is 3.12. The van der Waals surface area contributed by atoms with E-state index in [1.807, 2.05) is 0 Å². The smallest absolute Gasteiger partial charge is 0.286 e. The van der Waals surface area contributed by atoms with Gasteiger partial charge < -0.3 is 4.57 Å². The maximum absolute atomic E-state index is 10.8. The van der Waals surface area contributed by atoms with Gasteiger partial charge in [-0.1, -0.05) is 0 Å². The van der Waals surface area contributed by atoms with Crippen molar-refractivity contribution in [2.24, 2.45) is 0 Å². The van der Waals surface area contributed by atoms with Crippen LogP contribution in [-0.2, 0) is 10.1 Å². The molecule has 6 heteroatoms. The van der Waals surface area contributed by atoms with Crippen molar-refractivity contribution in [1.29, 1.82) is 0 Å². The zero-order chi connectivity index (χ0) is 10.2. The summed E-state index contributed by atoms with van der Waals surface area (Å²) in [5, 5.41) is -0.978. The van der Waals surface area contributed by atoms with Gasteiger partial charge in [0.1, 0.15) is 5.82 Å². The maximum Gasteiger partial charge on any atom is 0.286 e.